The van der Waals surface area contributed by atoms with E-state index < -0.39 is 0 Å². The van der Waals surface area contributed by atoms with Crippen LogP contribution in [-0.2, 0) is 4.74 Å². The van der Waals surface area contributed by atoms with Gasteiger partial charge in [0.05, 0.1) is 12.2 Å². The van der Waals surface area contributed by atoms with Gasteiger partial charge in [-0.05, 0) is 31.6 Å². The molecule has 0 spiro atoms. The lowest BCUT2D eigenvalue weighted by atomic mass is 9.85. The minimum Gasteiger partial charge on any atom is -0.390 e. The van der Waals surface area contributed by atoms with Crippen LogP contribution in [0.5, 0.6) is 0 Å². The van der Waals surface area contributed by atoms with E-state index in [2.05, 4.69) is 6.92 Å². The molecule has 2 heteroatoms. The van der Waals surface area contributed by atoms with Crippen molar-refractivity contribution in [1.29, 1.82) is 0 Å². The molecule has 1 aliphatic heterocycles. The monoisotopic (exact) mass is 170 g/mol. The maximum Gasteiger partial charge on any atom is 0.0701 e. The van der Waals surface area contributed by atoms with E-state index in [1.807, 2.05) is 0 Å². The summed E-state index contributed by atoms with van der Waals surface area (Å²) >= 11 is 0. The molecule has 0 amide bonds. The van der Waals surface area contributed by atoms with E-state index in [0.717, 1.165) is 32.5 Å². The zero-order valence-electron chi connectivity index (χ0n) is 7.75. The van der Waals surface area contributed by atoms with Crippen LogP contribution in [0, 0.1) is 11.8 Å². The molecule has 0 aromatic rings. The van der Waals surface area contributed by atoms with Crippen molar-refractivity contribution in [2.24, 2.45) is 11.8 Å². The standard InChI is InChI=1S/C10H18O2/c1-8-2-4-10(11,6-8)9-3-5-12-7-9/h8-9,11H,2-7H2,1H3. The van der Waals surface area contributed by atoms with Crippen LogP contribution in [0.4, 0.5) is 0 Å². The van der Waals surface area contributed by atoms with Crippen LogP contribution in [0.25, 0.3) is 0 Å². The number of ether oxygens (including phenoxy) is 1. The first-order valence-corrected chi connectivity index (χ1v) is 5.01. The first-order chi connectivity index (χ1) is 5.71. The highest BCUT2D eigenvalue weighted by Gasteiger charge is 2.43. The molecule has 0 bridgehead atoms. The highest BCUT2D eigenvalue weighted by molar-refractivity contribution is 4.94. The molecule has 1 saturated heterocycles. The molecule has 2 nitrogen and oxygen atoms in total. The highest BCUT2D eigenvalue weighted by atomic mass is 16.5. The lowest BCUT2D eigenvalue weighted by molar-refractivity contribution is -0.0182. The Morgan fingerprint density at radius 3 is 2.75 bits per heavy atom. The minimum absolute atomic E-state index is 0.379. The van der Waals surface area contributed by atoms with Crippen LogP contribution in [-0.4, -0.2) is 23.9 Å². The van der Waals surface area contributed by atoms with Gasteiger partial charge in [-0.2, -0.15) is 0 Å². The van der Waals surface area contributed by atoms with Crippen molar-refractivity contribution >= 4 is 0 Å². The quantitative estimate of drug-likeness (QED) is 0.647. The Morgan fingerprint density at radius 1 is 1.42 bits per heavy atom. The largest absolute Gasteiger partial charge is 0.390 e. The Balaban J connectivity index is 2.00. The fourth-order valence-corrected chi connectivity index (χ4v) is 2.63. The van der Waals surface area contributed by atoms with Gasteiger partial charge < -0.3 is 9.84 Å². The van der Waals surface area contributed by atoms with Gasteiger partial charge in [0.15, 0.2) is 0 Å². The molecule has 2 rings (SSSR count). The summed E-state index contributed by atoms with van der Waals surface area (Å²) in [4.78, 5) is 0. The normalized spacial score (nSPS) is 48.5. The summed E-state index contributed by atoms with van der Waals surface area (Å²) in [5.74, 6) is 1.12. The van der Waals surface area contributed by atoms with Gasteiger partial charge in [-0.1, -0.05) is 6.92 Å². The minimum atomic E-state index is -0.379. The predicted molar refractivity (Wildman–Crippen MR) is 46.9 cm³/mol. The second kappa shape index (κ2) is 3.00. The summed E-state index contributed by atoms with van der Waals surface area (Å²) in [6.07, 6.45) is 4.22. The smallest absolute Gasteiger partial charge is 0.0701 e. The molecule has 0 aromatic carbocycles. The third kappa shape index (κ3) is 1.38. The SMILES string of the molecule is CC1CCC(O)(C2CCOC2)C1. The van der Waals surface area contributed by atoms with Crippen molar-refractivity contribution in [3.63, 3.8) is 0 Å². The molecule has 1 saturated carbocycles. The topological polar surface area (TPSA) is 29.5 Å². The highest BCUT2D eigenvalue weighted by Crippen LogP contribution is 2.42. The predicted octanol–water partition coefficient (Wildman–Crippen LogP) is 1.57. The summed E-state index contributed by atoms with van der Waals surface area (Å²) in [5, 5.41) is 10.3. The van der Waals surface area contributed by atoms with Gasteiger partial charge in [-0.25, -0.2) is 0 Å². The van der Waals surface area contributed by atoms with Gasteiger partial charge in [0.2, 0.25) is 0 Å². The Labute approximate surface area is 73.9 Å². The molecule has 3 atom stereocenters. The van der Waals surface area contributed by atoms with Crippen molar-refractivity contribution in [3.8, 4) is 0 Å². The van der Waals surface area contributed by atoms with Gasteiger partial charge in [-0.3, -0.25) is 0 Å². The van der Waals surface area contributed by atoms with E-state index in [1.54, 1.807) is 0 Å². The summed E-state index contributed by atoms with van der Waals surface area (Å²) in [6.45, 7) is 3.86. The summed E-state index contributed by atoms with van der Waals surface area (Å²) in [5.41, 5.74) is -0.379. The van der Waals surface area contributed by atoms with Crippen LogP contribution in [0.1, 0.15) is 32.6 Å². The molecule has 0 radical (unpaired) electrons. The van der Waals surface area contributed by atoms with Gasteiger partial charge in [0.1, 0.15) is 0 Å². The van der Waals surface area contributed by atoms with Crippen molar-refractivity contribution in [2.45, 2.75) is 38.2 Å². The average Bonchev–Trinajstić information content (AvgIpc) is 2.59. The van der Waals surface area contributed by atoms with Crippen LogP contribution in [0.15, 0.2) is 0 Å². The lowest BCUT2D eigenvalue weighted by Gasteiger charge is -2.28. The Bertz CT molecular complexity index is 163. The fourth-order valence-electron chi connectivity index (χ4n) is 2.63. The lowest BCUT2D eigenvalue weighted by Crippen LogP contribution is -2.35. The molecule has 0 aromatic heterocycles. The second-order valence-corrected chi connectivity index (χ2v) is 4.51. The molecule has 2 fully saturated rings. The van der Waals surface area contributed by atoms with Crippen LogP contribution < -0.4 is 0 Å². The fraction of sp³-hybridized carbons (Fsp3) is 1.00. The van der Waals surface area contributed by atoms with Gasteiger partial charge in [0.25, 0.3) is 0 Å². The number of hydrogen-bond donors (Lipinski definition) is 1. The van der Waals surface area contributed by atoms with E-state index in [9.17, 15) is 5.11 Å². The van der Waals surface area contributed by atoms with Gasteiger partial charge in [0, 0.05) is 12.5 Å². The number of aliphatic hydroxyl groups is 1. The first kappa shape index (κ1) is 8.52. The first-order valence-electron chi connectivity index (χ1n) is 5.01. The third-order valence-electron chi connectivity index (χ3n) is 3.46. The van der Waals surface area contributed by atoms with Crippen LogP contribution in [0.3, 0.4) is 0 Å². The Morgan fingerprint density at radius 2 is 2.25 bits per heavy atom. The van der Waals surface area contributed by atoms with E-state index in [1.165, 1.54) is 6.42 Å². The van der Waals surface area contributed by atoms with Gasteiger partial charge in [-0.15, -0.1) is 0 Å². The maximum absolute atomic E-state index is 10.3. The zero-order valence-corrected chi connectivity index (χ0v) is 7.75. The third-order valence-corrected chi connectivity index (χ3v) is 3.46. The zero-order chi connectivity index (χ0) is 8.60. The Hall–Kier alpha value is -0.0800. The van der Waals surface area contributed by atoms with E-state index in [0.29, 0.717) is 11.8 Å². The Kier molecular flexibility index (Phi) is 2.13. The summed E-state index contributed by atoms with van der Waals surface area (Å²) < 4.78 is 5.31. The van der Waals surface area contributed by atoms with E-state index >= 15 is 0 Å². The molecular weight excluding hydrogens is 152 g/mol. The van der Waals surface area contributed by atoms with Crippen molar-refractivity contribution in [3.05, 3.63) is 0 Å². The molecule has 1 N–H and O–H groups in total. The molecule has 1 heterocycles. The average molecular weight is 170 g/mol. The van der Waals surface area contributed by atoms with E-state index in [4.69, 9.17) is 4.74 Å². The second-order valence-electron chi connectivity index (χ2n) is 4.51. The summed E-state index contributed by atoms with van der Waals surface area (Å²) in [7, 11) is 0. The molecule has 1 aliphatic carbocycles. The van der Waals surface area contributed by atoms with Crippen molar-refractivity contribution < 1.29 is 9.84 Å². The van der Waals surface area contributed by atoms with Crippen LogP contribution >= 0.6 is 0 Å². The van der Waals surface area contributed by atoms with E-state index in [-0.39, 0.29) is 5.60 Å². The molecule has 3 unspecified atom stereocenters. The molecule has 2 aliphatic rings. The molecular formula is C10H18O2. The van der Waals surface area contributed by atoms with Crippen molar-refractivity contribution in [2.75, 3.05) is 13.2 Å². The number of hydrogen-bond acceptors (Lipinski definition) is 2. The van der Waals surface area contributed by atoms with Gasteiger partial charge >= 0.3 is 0 Å². The maximum atomic E-state index is 10.3. The van der Waals surface area contributed by atoms with Crippen LogP contribution in [0.2, 0.25) is 0 Å². The number of rotatable bonds is 1. The molecule has 12 heavy (non-hydrogen) atoms. The summed E-state index contributed by atoms with van der Waals surface area (Å²) in [6, 6.07) is 0. The molecule has 70 valence electrons. The van der Waals surface area contributed by atoms with Crippen molar-refractivity contribution in [1.82, 2.24) is 0 Å².